The standard InChI is InChI=1S/C16H12FNO5/c17-13-10(11-2-1-7-23-11)4-3-8-9(5-6-12(19)20)15(16(21)22)18-14(8)13/h1-4,7,18H,5-6H2,(H,19,20)(H,21,22). The van der Waals surface area contributed by atoms with E-state index in [-0.39, 0.29) is 35.2 Å². The second-order valence-electron chi connectivity index (χ2n) is 5.00. The molecule has 2 aromatic heterocycles. The second-order valence-corrected chi connectivity index (χ2v) is 5.00. The number of aliphatic carboxylic acids is 1. The first-order valence-electron chi connectivity index (χ1n) is 6.81. The highest BCUT2D eigenvalue weighted by atomic mass is 19.1. The Labute approximate surface area is 129 Å². The number of H-pyrrole nitrogens is 1. The van der Waals surface area contributed by atoms with Crippen molar-refractivity contribution in [3.05, 3.63) is 47.6 Å². The Morgan fingerprint density at radius 1 is 1.22 bits per heavy atom. The number of hydrogen-bond donors (Lipinski definition) is 3. The Bertz CT molecular complexity index is 895. The molecule has 0 radical (unpaired) electrons. The molecule has 2 heterocycles. The number of furan rings is 1. The van der Waals surface area contributed by atoms with Gasteiger partial charge in [0.1, 0.15) is 11.5 Å². The summed E-state index contributed by atoms with van der Waals surface area (Å²) < 4.78 is 19.9. The first-order valence-corrected chi connectivity index (χ1v) is 6.81. The molecule has 0 unspecified atom stereocenters. The van der Waals surface area contributed by atoms with Gasteiger partial charge in [0.25, 0.3) is 0 Å². The Balaban J connectivity index is 2.19. The SMILES string of the molecule is O=C(O)CCc1c(C(=O)O)[nH]c2c(F)c(-c3ccco3)ccc12. The summed E-state index contributed by atoms with van der Waals surface area (Å²) in [6, 6.07) is 6.27. The van der Waals surface area contributed by atoms with Crippen LogP contribution in [0.1, 0.15) is 22.5 Å². The lowest BCUT2D eigenvalue weighted by molar-refractivity contribution is -0.136. The predicted octanol–water partition coefficient (Wildman–Crippen LogP) is 3.28. The molecule has 118 valence electrons. The molecule has 6 nitrogen and oxygen atoms in total. The van der Waals surface area contributed by atoms with Crippen molar-refractivity contribution in [2.45, 2.75) is 12.8 Å². The fourth-order valence-electron chi connectivity index (χ4n) is 2.58. The third-order valence-electron chi connectivity index (χ3n) is 3.61. The van der Waals surface area contributed by atoms with Gasteiger partial charge >= 0.3 is 11.9 Å². The first-order chi connectivity index (χ1) is 11.0. The van der Waals surface area contributed by atoms with Gasteiger partial charge in [0.2, 0.25) is 0 Å². The second kappa shape index (κ2) is 5.60. The number of aromatic amines is 1. The minimum atomic E-state index is -1.26. The highest BCUT2D eigenvalue weighted by Crippen LogP contribution is 2.32. The average molecular weight is 317 g/mol. The van der Waals surface area contributed by atoms with Gasteiger partial charge in [-0.25, -0.2) is 9.18 Å². The Hall–Kier alpha value is -3.09. The molecule has 0 bridgehead atoms. The summed E-state index contributed by atoms with van der Waals surface area (Å²) in [7, 11) is 0. The lowest BCUT2D eigenvalue weighted by Gasteiger charge is -2.02. The maximum absolute atomic E-state index is 14.7. The molecular weight excluding hydrogens is 305 g/mol. The van der Waals surface area contributed by atoms with Crippen LogP contribution in [-0.2, 0) is 11.2 Å². The summed E-state index contributed by atoms with van der Waals surface area (Å²) in [5.41, 5.74) is 0.304. The van der Waals surface area contributed by atoms with Crippen LogP contribution >= 0.6 is 0 Å². The minimum absolute atomic E-state index is 0.00347. The summed E-state index contributed by atoms with van der Waals surface area (Å²) in [4.78, 5) is 24.6. The third-order valence-corrected chi connectivity index (χ3v) is 3.61. The fourth-order valence-corrected chi connectivity index (χ4v) is 2.58. The molecule has 3 rings (SSSR count). The Kier molecular flexibility index (Phi) is 3.61. The van der Waals surface area contributed by atoms with Crippen LogP contribution in [0, 0.1) is 5.82 Å². The van der Waals surface area contributed by atoms with E-state index in [1.54, 1.807) is 18.2 Å². The van der Waals surface area contributed by atoms with E-state index in [1.807, 2.05) is 0 Å². The number of aromatic nitrogens is 1. The van der Waals surface area contributed by atoms with Gasteiger partial charge in [0, 0.05) is 11.8 Å². The summed E-state index contributed by atoms with van der Waals surface area (Å²) in [5.74, 6) is -2.63. The van der Waals surface area contributed by atoms with E-state index in [1.165, 1.54) is 12.3 Å². The quantitative estimate of drug-likeness (QED) is 0.670. The summed E-state index contributed by atoms with van der Waals surface area (Å²) in [6.07, 6.45) is 1.17. The zero-order valence-electron chi connectivity index (χ0n) is 11.8. The third kappa shape index (κ3) is 2.57. The van der Waals surface area contributed by atoms with Crippen molar-refractivity contribution in [2.75, 3.05) is 0 Å². The van der Waals surface area contributed by atoms with Crippen molar-refractivity contribution in [1.29, 1.82) is 0 Å². The number of aromatic carboxylic acids is 1. The van der Waals surface area contributed by atoms with E-state index in [0.717, 1.165) is 0 Å². The molecule has 0 saturated carbocycles. The molecule has 0 amide bonds. The van der Waals surface area contributed by atoms with Gasteiger partial charge < -0.3 is 19.6 Å². The fraction of sp³-hybridized carbons (Fsp3) is 0.125. The maximum Gasteiger partial charge on any atom is 0.352 e. The number of fused-ring (bicyclic) bond motifs is 1. The van der Waals surface area contributed by atoms with Crippen molar-refractivity contribution in [3.8, 4) is 11.3 Å². The molecule has 0 aliphatic carbocycles. The molecular formula is C16H12FNO5. The Morgan fingerprint density at radius 3 is 2.61 bits per heavy atom. The number of carboxylic acids is 2. The van der Waals surface area contributed by atoms with Gasteiger partial charge in [0.15, 0.2) is 5.82 Å². The smallest absolute Gasteiger partial charge is 0.352 e. The normalized spacial score (nSPS) is 11.0. The molecule has 23 heavy (non-hydrogen) atoms. The van der Waals surface area contributed by atoms with E-state index in [4.69, 9.17) is 9.52 Å². The van der Waals surface area contributed by atoms with Gasteiger partial charge in [-0.05, 0) is 30.2 Å². The van der Waals surface area contributed by atoms with Crippen LogP contribution in [0.3, 0.4) is 0 Å². The highest BCUT2D eigenvalue weighted by molar-refractivity contribution is 5.99. The molecule has 7 heteroatoms. The molecule has 0 aliphatic rings. The minimum Gasteiger partial charge on any atom is -0.481 e. The lowest BCUT2D eigenvalue weighted by atomic mass is 10.0. The van der Waals surface area contributed by atoms with Crippen LogP contribution < -0.4 is 0 Å². The monoisotopic (exact) mass is 317 g/mol. The van der Waals surface area contributed by atoms with Crippen LogP contribution in [0.15, 0.2) is 34.9 Å². The number of carbonyl (C=O) groups is 2. The van der Waals surface area contributed by atoms with Gasteiger partial charge in [-0.2, -0.15) is 0 Å². The summed E-state index contributed by atoms with van der Waals surface area (Å²) >= 11 is 0. The van der Waals surface area contributed by atoms with E-state index in [0.29, 0.717) is 11.1 Å². The molecule has 3 aromatic rings. The van der Waals surface area contributed by atoms with Gasteiger partial charge in [-0.3, -0.25) is 4.79 Å². The number of hydrogen-bond acceptors (Lipinski definition) is 3. The number of nitrogens with one attached hydrogen (secondary N) is 1. The summed E-state index contributed by atoms with van der Waals surface area (Å²) in [5, 5.41) is 18.4. The molecule has 0 spiro atoms. The largest absolute Gasteiger partial charge is 0.481 e. The average Bonchev–Trinajstić information content (AvgIpc) is 3.13. The van der Waals surface area contributed by atoms with Gasteiger partial charge in [-0.15, -0.1) is 0 Å². The van der Waals surface area contributed by atoms with Crippen LogP contribution in [0.5, 0.6) is 0 Å². The highest BCUT2D eigenvalue weighted by Gasteiger charge is 2.22. The van der Waals surface area contributed by atoms with E-state index < -0.39 is 17.8 Å². The lowest BCUT2D eigenvalue weighted by Crippen LogP contribution is -2.04. The van der Waals surface area contributed by atoms with E-state index >= 15 is 0 Å². The predicted molar refractivity (Wildman–Crippen MR) is 78.9 cm³/mol. The van der Waals surface area contributed by atoms with Crippen LogP contribution in [0.2, 0.25) is 0 Å². The van der Waals surface area contributed by atoms with Crippen LogP contribution in [-0.4, -0.2) is 27.1 Å². The number of rotatable bonds is 5. The summed E-state index contributed by atoms with van der Waals surface area (Å²) in [6.45, 7) is 0. The number of aryl methyl sites for hydroxylation is 1. The molecule has 0 atom stereocenters. The molecule has 0 aliphatic heterocycles. The van der Waals surface area contributed by atoms with Gasteiger partial charge in [0.05, 0.1) is 17.3 Å². The number of halogens is 1. The Morgan fingerprint density at radius 2 is 2.00 bits per heavy atom. The van der Waals surface area contributed by atoms with E-state index in [9.17, 15) is 19.1 Å². The van der Waals surface area contributed by atoms with Crippen molar-refractivity contribution in [1.82, 2.24) is 4.98 Å². The van der Waals surface area contributed by atoms with Crippen LogP contribution in [0.25, 0.3) is 22.2 Å². The van der Waals surface area contributed by atoms with Crippen molar-refractivity contribution >= 4 is 22.8 Å². The van der Waals surface area contributed by atoms with Crippen molar-refractivity contribution in [3.63, 3.8) is 0 Å². The maximum atomic E-state index is 14.7. The molecule has 3 N–H and O–H groups in total. The van der Waals surface area contributed by atoms with E-state index in [2.05, 4.69) is 4.98 Å². The number of benzene rings is 1. The van der Waals surface area contributed by atoms with Crippen LogP contribution in [0.4, 0.5) is 4.39 Å². The first kappa shape index (κ1) is 14.8. The topological polar surface area (TPSA) is 104 Å². The zero-order valence-corrected chi connectivity index (χ0v) is 11.8. The van der Waals surface area contributed by atoms with Crippen molar-refractivity contribution in [2.24, 2.45) is 0 Å². The molecule has 1 aromatic carbocycles. The zero-order chi connectivity index (χ0) is 16.6. The van der Waals surface area contributed by atoms with Gasteiger partial charge in [-0.1, -0.05) is 6.07 Å². The van der Waals surface area contributed by atoms with Crippen molar-refractivity contribution < 1.29 is 28.6 Å². The molecule has 0 fully saturated rings. The number of carboxylic acid groups (broad SMARTS) is 2. The molecule has 0 saturated heterocycles.